The summed E-state index contributed by atoms with van der Waals surface area (Å²) in [4.78, 5) is 38.9. The Morgan fingerprint density at radius 1 is 1.10 bits per heavy atom. The summed E-state index contributed by atoms with van der Waals surface area (Å²) in [5, 5.41) is 23.7. The van der Waals surface area contributed by atoms with Crippen LogP contribution in [0.25, 0.3) is 10.9 Å². The summed E-state index contributed by atoms with van der Waals surface area (Å²) < 4.78 is 0. The van der Waals surface area contributed by atoms with Crippen LogP contribution in [0.3, 0.4) is 0 Å². The maximum absolute atomic E-state index is 13.2. The molecule has 3 aromatic heterocycles. The summed E-state index contributed by atoms with van der Waals surface area (Å²) in [6, 6.07) is 6.81. The first kappa shape index (κ1) is 26.5. The van der Waals surface area contributed by atoms with E-state index in [2.05, 4.69) is 20.1 Å². The van der Waals surface area contributed by atoms with E-state index in [0.717, 1.165) is 47.5 Å². The second kappa shape index (κ2) is 10.8. The van der Waals surface area contributed by atoms with Crippen molar-refractivity contribution in [1.29, 1.82) is 0 Å². The molecule has 4 aliphatic rings. The SMILES string of the molecule is C[C@@H](O)c1cc2cnc(Nc3ccc4c(n3)CCN(C(=O)[C@H]3CCN(CCO)C3)C4)nc2c(N2C3CCC2CC3)n1. The lowest BCUT2D eigenvalue weighted by Crippen LogP contribution is -2.41. The van der Waals surface area contributed by atoms with Crippen molar-refractivity contribution in [2.24, 2.45) is 5.92 Å². The lowest BCUT2D eigenvalue weighted by molar-refractivity contribution is -0.136. The average molecular weight is 559 g/mol. The fraction of sp³-hybridized carbons (Fsp3) is 0.567. The molecule has 3 saturated heterocycles. The number of anilines is 3. The topological polar surface area (TPSA) is 131 Å². The van der Waals surface area contributed by atoms with Crippen molar-refractivity contribution in [2.75, 3.05) is 43.0 Å². The molecule has 3 fully saturated rings. The molecule has 11 heteroatoms. The first-order valence-electron chi connectivity index (χ1n) is 15.0. The highest BCUT2D eigenvalue weighted by atomic mass is 16.3. The van der Waals surface area contributed by atoms with Gasteiger partial charge in [0, 0.05) is 62.0 Å². The van der Waals surface area contributed by atoms with Gasteiger partial charge < -0.3 is 30.2 Å². The minimum atomic E-state index is -0.666. The summed E-state index contributed by atoms with van der Waals surface area (Å²) in [7, 11) is 0. The van der Waals surface area contributed by atoms with Gasteiger partial charge in [0.15, 0.2) is 5.82 Å². The molecule has 4 aliphatic heterocycles. The maximum atomic E-state index is 13.2. The number of fused-ring (bicyclic) bond motifs is 4. The van der Waals surface area contributed by atoms with E-state index in [-0.39, 0.29) is 18.4 Å². The van der Waals surface area contributed by atoms with E-state index in [1.54, 1.807) is 13.1 Å². The highest BCUT2D eigenvalue weighted by molar-refractivity contribution is 5.90. The van der Waals surface area contributed by atoms with Gasteiger partial charge in [0.1, 0.15) is 11.3 Å². The van der Waals surface area contributed by atoms with E-state index in [1.165, 1.54) is 25.7 Å². The Kier molecular flexibility index (Phi) is 6.96. The Hall–Kier alpha value is -3.41. The number of carbonyl (C=O) groups excluding carboxylic acids is 1. The highest BCUT2D eigenvalue weighted by Gasteiger charge is 2.41. The largest absolute Gasteiger partial charge is 0.395 e. The Morgan fingerprint density at radius 3 is 2.66 bits per heavy atom. The van der Waals surface area contributed by atoms with Gasteiger partial charge in [-0.15, -0.1) is 0 Å². The summed E-state index contributed by atoms with van der Waals surface area (Å²) in [5.41, 5.74) is 3.50. The molecule has 2 bridgehead atoms. The number of likely N-dealkylation sites (tertiary alicyclic amines) is 1. The number of rotatable bonds is 7. The smallest absolute Gasteiger partial charge is 0.229 e. The fourth-order valence-corrected chi connectivity index (χ4v) is 7.18. The van der Waals surface area contributed by atoms with E-state index >= 15 is 0 Å². The number of hydrogen-bond acceptors (Lipinski definition) is 10. The third-order valence-corrected chi connectivity index (χ3v) is 9.33. The standard InChI is InChI=1S/C30H38N8O3/c1-18(40)25-14-21-15-31-30(35-27(21)28(33-25)38-22-3-4-23(38)6-5-22)34-26-7-2-19-17-37(11-9-24(19)32-26)29(41)20-8-10-36(16-20)12-13-39/h2,7,14-15,18,20,22-23,39-40H,3-6,8-13,16-17H2,1H3,(H,31,32,34,35)/t18-,20+,22?,23?/m1/s1. The van der Waals surface area contributed by atoms with Gasteiger partial charge in [0.25, 0.3) is 0 Å². The molecule has 7 rings (SSSR count). The number of β-amino-alcohol motifs (C(OH)–C–C–N with tert-alkyl or cyclic N) is 1. The minimum Gasteiger partial charge on any atom is -0.395 e. The molecule has 7 heterocycles. The molecule has 0 aromatic carbocycles. The molecule has 3 N–H and O–H groups in total. The van der Waals surface area contributed by atoms with Gasteiger partial charge in [0.05, 0.1) is 24.3 Å². The van der Waals surface area contributed by atoms with Crippen LogP contribution in [-0.4, -0.2) is 90.7 Å². The van der Waals surface area contributed by atoms with Crippen molar-refractivity contribution in [3.8, 4) is 0 Å². The predicted molar refractivity (Wildman–Crippen MR) is 155 cm³/mol. The zero-order valence-electron chi connectivity index (χ0n) is 23.5. The molecule has 0 aliphatic carbocycles. The summed E-state index contributed by atoms with van der Waals surface area (Å²) in [5.74, 6) is 2.20. The Labute approximate surface area is 239 Å². The second-order valence-corrected chi connectivity index (χ2v) is 12.0. The van der Waals surface area contributed by atoms with Crippen LogP contribution in [0, 0.1) is 5.92 Å². The summed E-state index contributed by atoms with van der Waals surface area (Å²) >= 11 is 0. The molecule has 11 nitrogen and oxygen atoms in total. The Morgan fingerprint density at radius 2 is 1.90 bits per heavy atom. The fourth-order valence-electron chi connectivity index (χ4n) is 7.18. The number of nitrogens with one attached hydrogen (secondary N) is 1. The third-order valence-electron chi connectivity index (χ3n) is 9.33. The average Bonchev–Trinajstić information content (AvgIpc) is 3.73. The molecule has 41 heavy (non-hydrogen) atoms. The van der Waals surface area contributed by atoms with Gasteiger partial charge in [-0.3, -0.25) is 4.79 Å². The van der Waals surface area contributed by atoms with Crippen LogP contribution >= 0.6 is 0 Å². The number of pyridine rings is 2. The van der Waals surface area contributed by atoms with Gasteiger partial charge in [-0.25, -0.2) is 19.9 Å². The van der Waals surface area contributed by atoms with Crippen LogP contribution in [0.5, 0.6) is 0 Å². The van der Waals surface area contributed by atoms with Crippen LogP contribution in [0.4, 0.5) is 17.6 Å². The zero-order valence-corrected chi connectivity index (χ0v) is 23.5. The molecule has 0 radical (unpaired) electrons. The molecule has 0 spiro atoms. The van der Waals surface area contributed by atoms with E-state index in [1.807, 2.05) is 23.1 Å². The van der Waals surface area contributed by atoms with E-state index in [9.17, 15) is 15.0 Å². The molecular formula is C30H38N8O3. The van der Waals surface area contributed by atoms with Crippen molar-refractivity contribution in [3.05, 3.63) is 41.3 Å². The molecule has 216 valence electrons. The number of nitrogens with zero attached hydrogens (tertiary/aromatic N) is 7. The van der Waals surface area contributed by atoms with Crippen LogP contribution in [0.15, 0.2) is 24.4 Å². The van der Waals surface area contributed by atoms with E-state index in [4.69, 9.17) is 15.0 Å². The Balaban J connectivity index is 1.09. The second-order valence-electron chi connectivity index (χ2n) is 12.0. The lowest BCUT2D eigenvalue weighted by Gasteiger charge is -2.30. The van der Waals surface area contributed by atoms with E-state index in [0.29, 0.717) is 55.6 Å². The highest BCUT2D eigenvalue weighted by Crippen LogP contribution is 2.42. The van der Waals surface area contributed by atoms with Crippen LogP contribution in [0.2, 0.25) is 0 Å². The first-order valence-corrected chi connectivity index (χ1v) is 15.0. The van der Waals surface area contributed by atoms with E-state index < -0.39 is 6.10 Å². The van der Waals surface area contributed by atoms with Gasteiger partial charge in [-0.1, -0.05) is 6.07 Å². The summed E-state index contributed by atoms with van der Waals surface area (Å²) in [6.07, 6.45) is 7.39. The number of aromatic nitrogens is 4. The van der Waals surface area contributed by atoms with Crippen LogP contribution < -0.4 is 10.2 Å². The zero-order chi connectivity index (χ0) is 28.1. The van der Waals surface area contributed by atoms with Gasteiger partial charge in [-0.05, 0) is 63.3 Å². The molecule has 0 saturated carbocycles. The number of carbonyl (C=O) groups is 1. The quantitative estimate of drug-likeness (QED) is 0.398. The molecule has 3 aromatic rings. The van der Waals surface area contributed by atoms with Crippen molar-refractivity contribution in [2.45, 2.75) is 70.2 Å². The van der Waals surface area contributed by atoms with Gasteiger partial charge >= 0.3 is 0 Å². The van der Waals surface area contributed by atoms with Crippen LogP contribution in [-0.2, 0) is 17.8 Å². The van der Waals surface area contributed by atoms with Crippen molar-refractivity contribution < 1.29 is 15.0 Å². The molecular weight excluding hydrogens is 520 g/mol. The molecule has 1 amide bonds. The number of aliphatic hydroxyl groups excluding tert-OH is 2. The van der Waals surface area contributed by atoms with Crippen molar-refractivity contribution in [3.63, 3.8) is 0 Å². The molecule has 0 unspecified atom stereocenters. The predicted octanol–water partition coefficient (Wildman–Crippen LogP) is 2.55. The van der Waals surface area contributed by atoms with Gasteiger partial charge in [0.2, 0.25) is 11.9 Å². The lowest BCUT2D eigenvalue weighted by atomic mass is 10.0. The number of aliphatic hydroxyl groups is 2. The first-order chi connectivity index (χ1) is 20.0. The van der Waals surface area contributed by atoms with Crippen molar-refractivity contribution >= 4 is 34.4 Å². The minimum absolute atomic E-state index is 0.00820. The number of hydrogen-bond donors (Lipinski definition) is 3. The third kappa shape index (κ3) is 5.00. The van der Waals surface area contributed by atoms with Gasteiger partial charge in [-0.2, -0.15) is 0 Å². The van der Waals surface area contributed by atoms with Crippen LogP contribution in [0.1, 0.15) is 62.1 Å². The van der Waals surface area contributed by atoms with Crippen molar-refractivity contribution in [1.82, 2.24) is 29.7 Å². The molecule has 2 atom stereocenters. The normalized spacial score (nSPS) is 24.7. The summed E-state index contributed by atoms with van der Waals surface area (Å²) in [6.45, 7) is 5.33. The number of amides is 1. The maximum Gasteiger partial charge on any atom is 0.229 e. The Bertz CT molecular complexity index is 1450. The monoisotopic (exact) mass is 558 g/mol.